The van der Waals surface area contributed by atoms with Crippen LogP contribution in [0.3, 0.4) is 0 Å². The van der Waals surface area contributed by atoms with Gasteiger partial charge in [0, 0.05) is 17.7 Å². The molecule has 2 aliphatic rings. The van der Waals surface area contributed by atoms with Crippen LogP contribution in [0, 0.1) is 0 Å². The minimum absolute atomic E-state index is 0.225. The van der Waals surface area contributed by atoms with E-state index in [1.54, 1.807) is 11.3 Å². The van der Waals surface area contributed by atoms with E-state index in [0.29, 0.717) is 6.54 Å². The highest BCUT2D eigenvalue weighted by atomic mass is 32.2. The van der Waals surface area contributed by atoms with E-state index in [2.05, 4.69) is 40.6 Å². The number of sulfone groups is 1. The maximum Gasteiger partial charge on any atom is 0.148 e. The largest absolute Gasteiger partial charge is 0.279 e. The van der Waals surface area contributed by atoms with E-state index < -0.39 is 9.84 Å². The molecule has 2 atom stereocenters. The van der Waals surface area contributed by atoms with Gasteiger partial charge in [0.15, 0.2) is 0 Å². The first kappa shape index (κ1) is 12.6. The maximum absolute atomic E-state index is 11.5. The Hall–Kier alpha value is -1.17. The molecule has 0 spiro atoms. The van der Waals surface area contributed by atoms with Crippen molar-refractivity contribution in [1.29, 1.82) is 0 Å². The number of fused-ring (bicyclic) bond motifs is 8. The minimum Gasteiger partial charge on any atom is -0.279 e. The average Bonchev–Trinajstić information content (AvgIpc) is 3.04. The SMILES string of the molecule is CS(=O)(=O)CCN1C2c3ccccc3C1c1sccc12. The third-order valence-electron chi connectivity index (χ3n) is 4.24. The first-order valence-corrected chi connectivity index (χ1v) is 9.60. The smallest absolute Gasteiger partial charge is 0.148 e. The Morgan fingerprint density at radius 2 is 1.80 bits per heavy atom. The monoisotopic (exact) mass is 305 g/mol. The second-order valence-corrected chi connectivity index (χ2v) is 8.75. The second-order valence-electron chi connectivity index (χ2n) is 5.54. The summed E-state index contributed by atoms with van der Waals surface area (Å²) in [5.41, 5.74) is 4.06. The lowest BCUT2D eigenvalue weighted by Crippen LogP contribution is -2.27. The summed E-state index contributed by atoms with van der Waals surface area (Å²) in [6.07, 6.45) is 1.31. The van der Waals surface area contributed by atoms with E-state index in [-0.39, 0.29) is 17.8 Å². The lowest BCUT2D eigenvalue weighted by Gasteiger charge is -2.22. The summed E-state index contributed by atoms with van der Waals surface area (Å²) in [5, 5.41) is 2.14. The highest BCUT2D eigenvalue weighted by Gasteiger charge is 2.48. The van der Waals surface area contributed by atoms with Crippen molar-refractivity contribution in [2.75, 3.05) is 18.6 Å². The van der Waals surface area contributed by atoms with Crippen molar-refractivity contribution in [1.82, 2.24) is 4.90 Å². The molecule has 0 saturated carbocycles. The molecule has 1 aromatic carbocycles. The Labute approximate surface area is 122 Å². The average molecular weight is 305 g/mol. The Bertz CT molecular complexity index is 733. The number of thiophene rings is 1. The van der Waals surface area contributed by atoms with Crippen molar-refractivity contribution in [3.05, 3.63) is 57.3 Å². The molecule has 3 nitrogen and oxygen atoms in total. The molecule has 1 aromatic heterocycles. The van der Waals surface area contributed by atoms with Gasteiger partial charge in [0.2, 0.25) is 0 Å². The Morgan fingerprint density at radius 3 is 2.50 bits per heavy atom. The van der Waals surface area contributed by atoms with Gasteiger partial charge in [0.05, 0.1) is 17.8 Å². The molecule has 0 radical (unpaired) electrons. The fourth-order valence-corrected chi connectivity index (χ4v) is 5.07. The van der Waals surface area contributed by atoms with Crippen molar-refractivity contribution >= 4 is 21.2 Å². The van der Waals surface area contributed by atoms with Crippen LogP contribution in [0.5, 0.6) is 0 Å². The van der Waals surface area contributed by atoms with Gasteiger partial charge < -0.3 is 0 Å². The predicted molar refractivity (Wildman–Crippen MR) is 80.9 cm³/mol. The summed E-state index contributed by atoms with van der Waals surface area (Å²) < 4.78 is 23.0. The molecule has 2 aromatic rings. The van der Waals surface area contributed by atoms with Crippen LogP contribution >= 0.6 is 11.3 Å². The van der Waals surface area contributed by atoms with E-state index in [4.69, 9.17) is 0 Å². The normalized spacial score (nSPS) is 23.9. The first-order chi connectivity index (χ1) is 9.56. The van der Waals surface area contributed by atoms with Crippen LogP contribution in [0.2, 0.25) is 0 Å². The molecule has 2 bridgehead atoms. The van der Waals surface area contributed by atoms with E-state index in [0.717, 1.165) is 0 Å². The van der Waals surface area contributed by atoms with Crippen molar-refractivity contribution in [2.45, 2.75) is 12.1 Å². The van der Waals surface area contributed by atoms with E-state index in [1.807, 2.05) is 0 Å². The Kier molecular flexibility index (Phi) is 2.61. The van der Waals surface area contributed by atoms with Gasteiger partial charge in [0.1, 0.15) is 9.84 Å². The molecule has 3 heterocycles. The zero-order valence-corrected chi connectivity index (χ0v) is 12.7. The van der Waals surface area contributed by atoms with Crippen molar-refractivity contribution < 1.29 is 8.42 Å². The molecule has 4 rings (SSSR count). The summed E-state index contributed by atoms with van der Waals surface area (Å²) in [6, 6.07) is 11.2. The maximum atomic E-state index is 11.5. The summed E-state index contributed by atoms with van der Waals surface area (Å²) in [6.45, 7) is 0.601. The summed E-state index contributed by atoms with van der Waals surface area (Å²) in [4.78, 5) is 3.73. The van der Waals surface area contributed by atoms with Crippen LogP contribution in [0.15, 0.2) is 35.7 Å². The van der Waals surface area contributed by atoms with Gasteiger partial charge in [-0.1, -0.05) is 24.3 Å². The van der Waals surface area contributed by atoms with Gasteiger partial charge in [-0.25, -0.2) is 8.42 Å². The molecular weight excluding hydrogens is 290 g/mol. The number of rotatable bonds is 3. The number of hydrogen-bond donors (Lipinski definition) is 0. The third kappa shape index (κ3) is 1.70. The molecule has 0 aliphatic carbocycles. The minimum atomic E-state index is -2.93. The van der Waals surface area contributed by atoms with Crippen LogP contribution in [0.4, 0.5) is 0 Å². The summed E-state index contributed by atoms with van der Waals surface area (Å²) in [7, 11) is -2.93. The van der Waals surface area contributed by atoms with Gasteiger partial charge in [-0.3, -0.25) is 4.90 Å². The molecule has 5 heteroatoms. The number of hydrogen-bond acceptors (Lipinski definition) is 4. The molecule has 0 N–H and O–H groups in total. The molecule has 104 valence electrons. The van der Waals surface area contributed by atoms with Crippen LogP contribution in [0.1, 0.15) is 33.7 Å². The predicted octanol–water partition coefficient (Wildman–Crippen LogP) is 2.60. The van der Waals surface area contributed by atoms with Gasteiger partial charge in [-0.15, -0.1) is 11.3 Å². The molecule has 2 unspecified atom stereocenters. The standard InChI is InChI=1S/C15H15NO2S2/c1-20(17,18)9-7-16-13-10-4-2-3-5-11(10)14(16)15-12(13)6-8-19-15/h2-6,8,13-14H,7,9H2,1H3. The Balaban J connectivity index is 1.76. The topological polar surface area (TPSA) is 37.4 Å². The lowest BCUT2D eigenvalue weighted by molar-refractivity contribution is 0.253. The molecule has 0 saturated heterocycles. The zero-order valence-electron chi connectivity index (χ0n) is 11.1. The zero-order chi connectivity index (χ0) is 13.9. The van der Waals surface area contributed by atoms with Crippen LogP contribution in [0.25, 0.3) is 0 Å². The fraction of sp³-hybridized carbons (Fsp3) is 0.333. The Morgan fingerprint density at radius 1 is 1.10 bits per heavy atom. The van der Waals surface area contributed by atoms with Gasteiger partial charge >= 0.3 is 0 Å². The summed E-state index contributed by atoms with van der Waals surface area (Å²) >= 11 is 1.78. The first-order valence-electron chi connectivity index (χ1n) is 6.66. The van der Waals surface area contributed by atoms with Gasteiger partial charge in [0.25, 0.3) is 0 Å². The highest BCUT2D eigenvalue weighted by molar-refractivity contribution is 7.90. The number of benzene rings is 1. The van der Waals surface area contributed by atoms with E-state index in [9.17, 15) is 8.42 Å². The summed E-state index contributed by atoms with van der Waals surface area (Å²) in [5.74, 6) is 0.225. The quantitative estimate of drug-likeness (QED) is 0.875. The van der Waals surface area contributed by atoms with Crippen LogP contribution in [-0.2, 0) is 9.84 Å². The fourth-order valence-electron chi connectivity index (χ4n) is 3.46. The molecular formula is C15H15NO2S2. The number of nitrogens with zero attached hydrogens (tertiary/aromatic N) is 1. The van der Waals surface area contributed by atoms with E-state index >= 15 is 0 Å². The van der Waals surface area contributed by atoms with Crippen molar-refractivity contribution in [3.8, 4) is 0 Å². The second kappa shape index (κ2) is 4.16. The van der Waals surface area contributed by atoms with Gasteiger partial charge in [-0.2, -0.15) is 0 Å². The van der Waals surface area contributed by atoms with Crippen LogP contribution < -0.4 is 0 Å². The molecule has 2 aliphatic heterocycles. The van der Waals surface area contributed by atoms with E-state index in [1.165, 1.54) is 27.8 Å². The third-order valence-corrected chi connectivity index (χ3v) is 6.15. The highest BCUT2D eigenvalue weighted by Crippen LogP contribution is 2.57. The van der Waals surface area contributed by atoms with Gasteiger partial charge in [-0.05, 0) is 28.1 Å². The lowest BCUT2D eigenvalue weighted by atomic mass is 9.91. The van der Waals surface area contributed by atoms with Crippen molar-refractivity contribution in [2.24, 2.45) is 0 Å². The van der Waals surface area contributed by atoms with Crippen LogP contribution in [-0.4, -0.2) is 31.9 Å². The molecule has 0 amide bonds. The van der Waals surface area contributed by atoms with Crippen molar-refractivity contribution in [3.63, 3.8) is 0 Å². The molecule has 20 heavy (non-hydrogen) atoms. The molecule has 0 fully saturated rings.